The van der Waals surface area contributed by atoms with Crippen LogP contribution in [0.2, 0.25) is 10.0 Å². The molecule has 0 saturated carbocycles. The van der Waals surface area contributed by atoms with Gasteiger partial charge in [-0.25, -0.2) is 8.42 Å². The molecule has 2 aromatic rings. The molecule has 1 aliphatic rings. The van der Waals surface area contributed by atoms with Gasteiger partial charge in [-0.3, -0.25) is 9.52 Å². The maximum absolute atomic E-state index is 11.9. The van der Waals surface area contributed by atoms with Crippen LogP contribution in [0.1, 0.15) is 10.4 Å². The molecule has 0 saturated heterocycles. The van der Waals surface area contributed by atoms with Crippen LogP contribution in [-0.4, -0.2) is 27.1 Å². The summed E-state index contributed by atoms with van der Waals surface area (Å²) < 4.78 is 30.9. The minimum absolute atomic E-state index is 0.0559. The molecular formula is C15H11Cl2NO4S2. The maximum Gasteiger partial charge on any atom is 0.229 e. The molecule has 1 heterocycles. The van der Waals surface area contributed by atoms with Crippen LogP contribution in [0.15, 0.2) is 40.1 Å². The van der Waals surface area contributed by atoms with Crippen molar-refractivity contribution >= 4 is 56.5 Å². The Labute approximate surface area is 153 Å². The number of halogens is 2. The zero-order valence-corrected chi connectivity index (χ0v) is 15.4. The minimum Gasteiger partial charge on any atom is -0.485 e. The van der Waals surface area contributed by atoms with Crippen molar-refractivity contribution in [2.75, 3.05) is 17.6 Å². The van der Waals surface area contributed by atoms with Crippen molar-refractivity contribution in [1.29, 1.82) is 0 Å². The summed E-state index contributed by atoms with van der Waals surface area (Å²) in [6, 6.07) is 8.25. The smallest absolute Gasteiger partial charge is 0.229 e. The van der Waals surface area contributed by atoms with E-state index in [1.54, 1.807) is 24.3 Å². The fraction of sp³-hybridized carbons (Fsp3) is 0.133. The molecule has 0 amide bonds. The van der Waals surface area contributed by atoms with Gasteiger partial charge in [0, 0.05) is 15.9 Å². The Balaban J connectivity index is 2.09. The molecule has 9 heteroatoms. The van der Waals surface area contributed by atoms with Crippen LogP contribution in [0.4, 0.5) is 5.69 Å². The van der Waals surface area contributed by atoms with Gasteiger partial charge < -0.3 is 4.74 Å². The van der Waals surface area contributed by atoms with Crippen molar-refractivity contribution < 1.29 is 17.9 Å². The van der Waals surface area contributed by atoms with Crippen LogP contribution in [-0.2, 0) is 10.0 Å². The third kappa shape index (κ3) is 3.64. The van der Waals surface area contributed by atoms with Gasteiger partial charge in [0.05, 0.1) is 27.6 Å². The molecule has 5 nitrogen and oxygen atoms in total. The van der Waals surface area contributed by atoms with Crippen molar-refractivity contribution in [3.8, 4) is 5.75 Å². The number of carbonyl (C=O) groups is 1. The molecule has 0 bridgehead atoms. The third-order valence-electron chi connectivity index (χ3n) is 3.17. The van der Waals surface area contributed by atoms with Gasteiger partial charge in [0.15, 0.2) is 6.61 Å². The first-order chi connectivity index (χ1) is 11.2. The van der Waals surface area contributed by atoms with Crippen LogP contribution >= 0.6 is 35.0 Å². The second kappa shape index (κ2) is 6.48. The number of hydrogen-bond donors (Lipinski definition) is 1. The van der Waals surface area contributed by atoms with Gasteiger partial charge >= 0.3 is 0 Å². The summed E-state index contributed by atoms with van der Waals surface area (Å²) in [5.41, 5.74) is 0.724. The lowest BCUT2D eigenvalue weighted by atomic mass is 10.1. The highest BCUT2D eigenvalue weighted by atomic mass is 35.5. The van der Waals surface area contributed by atoms with Gasteiger partial charge in [-0.2, -0.15) is 0 Å². The topological polar surface area (TPSA) is 72.5 Å². The van der Waals surface area contributed by atoms with E-state index < -0.39 is 10.0 Å². The Morgan fingerprint density at radius 3 is 2.67 bits per heavy atom. The Morgan fingerprint density at radius 1 is 1.21 bits per heavy atom. The lowest BCUT2D eigenvalue weighted by Crippen LogP contribution is -2.10. The van der Waals surface area contributed by atoms with E-state index in [4.69, 9.17) is 27.9 Å². The highest BCUT2D eigenvalue weighted by Gasteiger charge is 2.25. The van der Waals surface area contributed by atoms with Gasteiger partial charge in [0.25, 0.3) is 0 Å². The van der Waals surface area contributed by atoms with Crippen molar-refractivity contribution in [1.82, 2.24) is 0 Å². The van der Waals surface area contributed by atoms with E-state index in [2.05, 4.69) is 4.72 Å². The normalized spacial score (nSPS) is 13.5. The van der Waals surface area contributed by atoms with Gasteiger partial charge in [0.1, 0.15) is 5.75 Å². The highest BCUT2D eigenvalue weighted by molar-refractivity contribution is 7.99. The van der Waals surface area contributed by atoms with E-state index in [0.717, 1.165) is 6.26 Å². The molecule has 0 atom stereocenters. The molecule has 0 unspecified atom stereocenters. The van der Waals surface area contributed by atoms with Gasteiger partial charge in [-0.1, -0.05) is 41.0 Å². The van der Waals surface area contributed by atoms with E-state index in [1.165, 1.54) is 17.8 Å². The number of anilines is 1. The Morgan fingerprint density at radius 2 is 1.96 bits per heavy atom. The Hall–Kier alpha value is -1.41. The molecule has 3 rings (SSSR count). The number of rotatable bonds is 4. The predicted molar refractivity (Wildman–Crippen MR) is 95.3 cm³/mol. The van der Waals surface area contributed by atoms with E-state index >= 15 is 0 Å². The van der Waals surface area contributed by atoms with Crippen molar-refractivity contribution in [3.05, 3.63) is 45.9 Å². The fourth-order valence-corrected chi connectivity index (χ4v) is 4.25. The van der Waals surface area contributed by atoms with Crippen LogP contribution in [0, 0.1) is 0 Å². The predicted octanol–water partition coefficient (Wildman–Crippen LogP) is 4.09. The summed E-state index contributed by atoms with van der Waals surface area (Å²) in [6.45, 7) is -0.0559. The summed E-state index contributed by atoms with van der Waals surface area (Å²) in [6.07, 6.45) is 1.05. The molecule has 2 aromatic carbocycles. The molecular weight excluding hydrogens is 393 g/mol. The number of Topliss-reactive ketones (excluding diaryl/α,β-unsaturated/α-hetero) is 1. The average Bonchev–Trinajstić information content (AvgIpc) is 2.83. The number of sulfonamides is 1. The van der Waals surface area contributed by atoms with Crippen molar-refractivity contribution in [2.45, 2.75) is 9.79 Å². The number of nitrogens with one attached hydrogen (secondary N) is 1. The molecule has 0 spiro atoms. The lowest BCUT2D eigenvalue weighted by molar-refractivity contribution is 0.0961. The summed E-state index contributed by atoms with van der Waals surface area (Å²) in [4.78, 5) is 13.0. The standard InChI is InChI=1S/C15H11Cl2NO4S2/c1-24(20,21)18-10-6-12-8(11(19)7-22-12)5-14(10)23-13-4-2-3-9(16)15(13)17/h2-6,18H,7H2,1H3. The molecule has 126 valence electrons. The Kier molecular flexibility index (Phi) is 4.70. The second-order valence-electron chi connectivity index (χ2n) is 5.08. The number of carbonyl (C=O) groups excluding carboxylic acids is 1. The number of fused-ring (bicyclic) bond motifs is 1. The maximum atomic E-state index is 11.9. The minimum atomic E-state index is -3.50. The number of ketones is 1. The highest BCUT2D eigenvalue weighted by Crippen LogP contribution is 2.43. The number of benzene rings is 2. The molecule has 0 fully saturated rings. The molecule has 0 radical (unpaired) electrons. The van der Waals surface area contributed by atoms with E-state index in [1.807, 2.05) is 0 Å². The van der Waals surface area contributed by atoms with Gasteiger partial charge in [0.2, 0.25) is 15.8 Å². The first-order valence-electron chi connectivity index (χ1n) is 6.68. The lowest BCUT2D eigenvalue weighted by Gasteiger charge is -2.13. The average molecular weight is 404 g/mol. The first-order valence-corrected chi connectivity index (χ1v) is 10.1. The number of ether oxygens (including phenoxy) is 1. The fourth-order valence-electron chi connectivity index (χ4n) is 2.16. The SMILES string of the molecule is CS(=O)(=O)Nc1cc2c(cc1Sc1cccc(Cl)c1Cl)C(=O)CO2. The monoisotopic (exact) mass is 403 g/mol. The van der Waals surface area contributed by atoms with Crippen LogP contribution < -0.4 is 9.46 Å². The quantitative estimate of drug-likeness (QED) is 0.831. The van der Waals surface area contributed by atoms with E-state index in [9.17, 15) is 13.2 Å². The van der Waals surface area contributed by atoms with Crippen LogP contribution in [0.3, 0.4) is 0 Å². The molecule has 1 N–H and O–H groups in total. The number of hydrogen-bond acceptors (Lipinski definition) is 5. The first kappa shape index (κ1) is 17.4. The second-order valence-corrected chi connectivity index (χ2v) is 8.70. The van der Waals surface area contributed by atoms with Gasteiger partial charge in [-0.05, 0) is 18.2 Å². The zero-order chi connectivity index (χ0) is 17.5. The van der Waals surface area contributed by atoms with Crippen molar-refractivity contribution in [2.24, 2.45) is 0 Å². The van der Waals surface area contributed by atoms with E-state index in [-0.39, 0.29) is 12.4 Å². The molecule has 24 heavy (non-hydrogen) atoms. The molecule has 1 aliphatic heterocycles. The molecule has 0 aromatic heterocycles. The molecule has 0 aliphatic carbocycles. The van der Waals surface area contributed by atoms with E-state index in [0.29, 0.717) is 36.8 Å². The third-order valence-corrected chi connectivity index (χ3v) is 5.81. The Bertz CT molecular complexity index is 945. The summed E-state index contributed by atoms with van der Waals surface area (Å²) >= 11 is 13.4. The summed E-state index contributed by atoms with van der Waals surface area (Å²) in [5.74, 6) is 0.197. The van der Waals surface area contributed by atoms with Crippen molar-refractivity contribution in [3.63, 3.8) is 0 Å². The van der Waals surface area contributed by atoms with Crippen LogP contribution in [0.25, 0.3) is 0 Å². The van der Waals surface area contributed by atoms with Crippen LogP contribution in [0.5, 0.6) is 5.75 Å². The summed E-state index contributed by atoms with van der Waals surface area (Å²) in [5, 5.41) is 0.748. The largest absolute Gasteiger partial charge is 0.485 e. The zero-order valence-electron chi connectivity index (χ0n) is 12.3. The summed E-state index contributed by atoms with van der Waals surface area (Å²) in [7, 11) is -3.50. The van der Waals surface area contributed by atoms with Gasteiger partial charge in [-0.15, -0.1) is 0 Å².